The minimum atomic E-state index is -1.76. The average molecular weight is 776 g/mol. The van der Waals surface area contributed by atoms with Gasteiger partial charge in [0.2, 0.25) is 0 Å². The van der Waals surface area contributed by atoms with E-state index in [4.69, 9.17) is 40.9 Å². The van der Waals surface area contributed by atoms with Crippen molar-refractivity contribution in [2.75, 3.05) is 39.8 Å². The molecule has 19 heteroatoms. The number of amides is 3. The van der Waals surface area contributed by atoms with Crippen molar-refractivity contribution in [1.82, 2.24) is 20.9 Å². The lowest BCUT2D eigenvalue weighted by Gasteiger charge is -2.51. The minimum Gasteiger partial charge on any atom is -0.492 e. The lowest BCUT2D eigenvalue weighted by atomic mass is 9.72. The molecule has 54 heavy (non-hydrogen) atoms. The quantitative estimate of drug-likeness (QED) is 0.0914. The summed E-state index contributed by atoms with van der Waals surface area (Å²) >= 11 is 0. The van der Waals surface area contributed by atoms with Gasteiger partial charge in [-0.2, -0.15) is 0 Å². The van der Waals surface area contributed by atoms with Crippen molar-refractivity contribution >= 4 is 18.1 Å². The smallest absolute Gasteiger partial charge is 0.410 e. The lowest BCUT2D eigenvalue weighted by molar-refractivity contribution is -0.305. The molecule has 0 aromatic rings. The Morgan fingerprint density at radius 2 is 1.72 bits per heavy atom. The van der Waals surface area contributed by atoms with E-state index in [1.54, 1.807) is 41.5 Å². The number of rotatable bonds is 13. The number of nitrogens with two attached hydrogens (primary N) is 3. The Morgan fingerprint density at radius 3 is 2.33 bits per heavy atom. The van der Waals surface area contributed by atoms with E-state index in [0.717, 1.165) is 11.3 Å². The van der Waals surface area contributed by atoms with Crippen molar-refractivity contribution in [1.29, 1.82) is 0 Å². The number of likely N-dealkylation sites (N-methyl/N-ethyl adjacent to an activating group) is 1. The van der Waals surface area contributed by atoms with Crippen LogP contribution in [0.25, 0.3) is 0 Å². The second-order valence-corrected chi connectivity index (χ2v) is 16.6. The van der Waals surface area contributed by atoms with Gasteiger partial charge in [0.25, 0.3) is 5.91 Å². The first-order valence-electron chi connectivity index (χ1n) is 18.5. The van der Waals surface area contributed by atoms with Gasteiger partial charge in [-0.05, 0) is 86.9 Å². The van der Waals surface area contributed by atoms with Crippen molar-refractivity contribution in [2.45, 2.75) is 146 Å². The fourth-order valence-corrected chi connectivity index (χ4v) is 6.86. The van der Waals surface area contributed by atoms with Crippen molar-refractivity contribution in [2.24, 2.45) is 23.1 Å². The third-order valence-corrected chi connectivity index (χ3v) is 9.35. The number of alkyl carbamates (subject to hydrolysis) is 1. The molecule has 3 amide bonds. The van der Waals surface area contributed by atoms with Crippen LogP contribution in [0.5, 0.6) is 0 Å². The maximum Gasteiger partial charge on any atom is 0.410 e. The van der Waals surface area contributed by atoms with Crippen molar-refractivity contribution < 1.29 is 58.5 Å². The highest BCUT2D eigenvalue weighted by molar-refractivity contribution is 5.81. The Labute approximate surface area is 317 Å². The molecule has 3 aliphatic rings. The van der Waals surface area contributed by atoms with Gasteiger partial charge in [-0.3, -0.25) is 4.79 Å². The predicted octanol–water partition coefficient (Wildman–Crippen LogP) is -1.91. The summed E-state index contributed by atoms with van der Waals surface area (Å²) in [5.41, 5.74) is 15.4. The van der Waals surface area contributed by atoms with Crippen LogP contribution in [-0.2, 0) is 28.5 Å². The van der Waals surface area contributed by atoms with E-state index in [-0.39, 0.29) is 6.42 Å². The molecular weight excluding hydrogens is 710 g/mol. The maximum atomic E-state index is 13.3. The van der Waals surface area contributed by atoms with Crippen molar-refractivity contribution in [3.05, 3.63) is 11.8 Å². The average Bonchev–Trinajstić information content (AvgIpc) is 3.04. The first-order valence-corrected chi connectivity index (χ1v) is 18.5. The topological polar surface area (TPSA) is 296 Å². The van der Waals surface area contributed by atoms with Crippen LogP contribution in [0, 0.1) is 5.92 Å². The highest BCUT2D eigenvalue weighted by Crippen LogP contribution is 2.37. The third-order valence-electron chi connectivity index (χ3n) is 9.35. The molecule has 12 atom stereocenters. The van der Waals surface area contributed by atoms with Gasteiger partial charge in [0.15, 0.2) is 6.29 Å². The first kappa shape index (κ1) is 45.5. The van der Waals surface area contributed by atoms with Gasteiger partial charge in [-0.15, -0.1) is 0 Å². The van der Waals surface area contributed by atoms with E-state index in [1.807, 2.05) is 6.08 Å². The molecule has 0 radical (unpaired) electrons. The van der Waals surface area contributed by atoms with Crippen LogP contribution in [0.2, 0.25) is 0 Å². The van der Waals surface area contributed by atoms with E-state index in [0.29, 0.717) is 31.8 Å². The standard InChI is InChI=1S/C35H65N7O12/c1-33(2,3)53-31(47)40-16-22(43)29(46)41-21-14-20(38)23(26-19(37)11-10-18(51-26)15-39-13-9-12-36)24(44)27(21)52-30-25(45)28(35(7,49)17-50-30)42(8)32(48)54-34(4,5)6/h10,19-28,30,39,43-45,49H,9,11-17,36-38H2,1-8H3,(H,40,47)(H,41,46)/t19-,20+,21-,22+,23?,24+,25-,26+,27+,28-,30-,35+/m1/s1. The van der Waals surface area contributed by atoms with Crippen LogP contribution in [0.15, 0.2) is 11.8 Å². The van der Waals surface area contributed by atoms with Crippen LogP contribution < -0.4 is 33.2 Å². The molecule has 19 nitrogen and oxygen atoms in total. The number of hydrogen-bond donors (Lipinski definition) is 10. The molecule has 13 N–H and O–H groups in total. The van der Waals surface area contributed by atoms with Crippen molar-refractivity contribution in [3.63, 3.8) is 0 Å². The zero-order chi connectivity index (χ0) is 40.8. The molecule has 2 aliphatic heterocycles. The number of aliphatic hydroxyl groups is 4. The SMILES string of the molecule is CN(C(=O)OC(C)(C)C)[C@@H]1[C@@H](O)[C@@H](O[C@H]2[C@H](NC(=O)[C@@H](O)CNC(=O)OC(C)(C)C)C[C@H](N)C([C@H]3OC(CNCCCN)=CC[C@H]3N)[C@@H]2O)OC[C@]1(C)O. The summed E-state index contributed by atoms with van der Waals surface area (Å²) in [5.74, 6) is -1.17. The molecule has 2 fully saturated rings. The molecule has 1 saturated carbocycles. The van der Waals surface area contributed by atoms with Crippen LogP contribution in [-0.4, -0.2) is 161 Å². The highest BCUT2D eigenvalue weighted by atomic mass is 16.7. The number of aliphatic hydroxyl groups excluding tert-OH is 3. The number of nitrogens with one attached hydrogen (secondary N) is 3. The molecule has 0 aromatic heterocycles. The van der Waals surface area contributed by atoms with E-state index in [1.165, 1.54) is 14.0 Å². The Kier molecular flexibility index (Phi) is 15.9. The fraction of sp³-hybridized carbons (Fsp3) is 0.857. The number of carbonyl (C=O) groups excluding carboxylic acids is 3. The summed E-state index contributed by atoms with van der Waals surface area (Å²) < 4.78 is 29.0. The van der Waals surface area contributed by atoms with Crippen LogP contribution in [0.1, 0.15) is 67.7 Å². The summed E-state index contributed by atoms with van der Waals surface area (Å²) in [6.07, 6.45) is -7.22. The summed E-state index contributed by atoms with van der Waals surface area (Å²) in [6.45, 7) is 12.1. The minimum absolute atomic E-state index is 0.00744. The summed E-state index contributed by atoms with van der Waals surface area (Å²) in [5, 5.41) is 53.9. The maximum absolute atomic E-state index is 13.3. The monoisotopic (exact) mass is 775 g/mol. The molecule has 0 bridgehead atoms. The van der Waals surface area contributed by atoms with Gasteiger partial charge in [-0.25, -0.2) is 9.59 Å². The Balaban J connectivity index is 1.89. The fourth-order valence-electron chi connectivity index (χ4n) is 6.86. The third kappa shape index (κ3) is 12.6. The van der Waals surface area contributed by atoms with Gasteiger partial charge in [0.1, 0.15) is 47.0 Å². The number of nitrogens with zero attached hydrogens (tertiary/aromatic N) is 1. The second kappa shape index (κ2) is 18.9. The number of carbonyl (C=O) groups is 3. The zero-order valence-corrected chi connectivity index (χ0v) is 32.8. The Hall–Kier alpha value is -2.85. The van der Waals surface area contributed by atoms with Gasteiger partial charge in [-0.1, -0.05) is 0 Å². The van der Waals surface area contributed by atoms with Gasteiger partial charge in [0, 0.05) is 25.0 Å². The largest absolute Gasteiger partial charge is 0.492 e. The number of hydrogen-bond acceptors (Lipinski definition) is 16. The Bertz CT molecular complexity index is 1290. The lowest BCUT2D eigenvalue weighted by Crippen LogP contribution is -2.70. The predicted molar refractivity (Wildman–Crippen MR) is 195 cm³/mol. The molecule has 1 saturated heterocycles. The molecule has 1 unspecified atom stereocenters. The normalized spacial score (nSPS) is 33.8. The second-order valence-electron chi connectivity index (χ2n) is 16.6. The first-order chi connectivity index (χ1) is 25.0. The summed E-state index contributed by atoms with van der Waals surface area (Å²) in [6, 6.07) is -3.77. The highest BCUT2D eigenvalue weighted by Gasteiger charge is 2.55. The number of ether oxygens (including phenoxy) is 5. The van der Waals surface area contributed by atoms with Gasteiger partial charge < -0.3 is 82.2 Å². The van der Waals surface area contributed by atoms with Crippen LogP contribution in [0.3, 0.4) is 0 Å². The van der Waals surface area contributed by atoms with Gasteiger partial charge in [0.05, 0.1) is 37.9 Å². The summed E-state index contributed by atoms with van der Waals surface area (Å²) in [4.78, 5) is 39.6. The molecule has 0 spiro atoms. The Morgan fingerprint density at radius 1 is 1.07 bits per heavy atom. The molecule has 3 rings (SSSR count). The summed E-state index contributed by atoms with van der Waals surface area (Å²) in [7, 11) is 1.36. The van der Waals surface area contributed by atoms with E-state index < -0.39 is 115 Å². The molecular formula is C35H65N7O12. The van der Waals surface area contributed by atoms with E-state index in [2.05, 4.69) is 16.0 Å². The molecule has 312 valence electrons. The van der Waals surface area contributed by atoms with Crippen LogP contribution in [0.4, 0.5) is 9.59 Å². The molecule has 2 heterocycles. The zero-order valence-electron chi connectivity index (χ0n) is 32.8. The van der Waals surface area contributed by atoms with Gasteiger partial charge >= 0.3 is 12.2 Å². The molecule has 1 aliphatic carbocycles. The van der Waals surface area contributed by atoms with E-state index >= 15 is 0 Å². The van der Waals surface area contributed by atoms with Crippen LogP contribution >= 0.6 is 0 Å². The van der Waals surface area contributed by atoms with E-state index in [9.17, 15) is 34.8 Å². The van der Waals surface area contributed by atoms with Crippen molar-refractivity contribution in [3.8, 4) is 0 Å². The molecule has 0 aromatic carbocycles.